The van der Waals surface area contributed by atoms with Crippen LogP contribution >= 0.6 is 0 Å². The standard InChI is InChI=1S/C27H30N6O/c1-3-8-24-29-25(23-19-28-33(26(23)30-24)22-9-5-4-6-10-22)31-15-7-16-32(18-17-31)27(34)21-13-11-20(2)12-14-21/h4-6,9-14,19H,3,7-8,15-18H2,1-2H3. The van der Waals surface area contributed by atoms with E-state index in [9.17, 15) is 4.79 Å². The molecule has 2 aromatic heterocycles. The Kier molecular flexibility index (Phi) is 6.25. The SMILES string of the molecule is CCCc1nc(N2CCCN(C(=O)c3ccc(C)cc3)CC2)c2cnn(-c3ccccc3)c2n1. The molecule has 0 spiro atoms. The third-order valence-corrected chi connectivity index (χ3v) is 6.31. The van der Waals surface area contributed by atoms with Gasteiger partial charge in [-0.1, -0.05) is 42.8 Å². The number of rotatable bonds is 5. The number of carbonyl (C=O) groups is 1. The average Bonchev–Trinajstić information content (AvgIpc) is 3.13. The number of hydrogen-bond donors (Lipinski definition) is 0. The van der Waals surface area contributed by atoms with Gasteiger partial charge >= 0.3 is 0 Å². The predicted octanol–water partition coefficient (Wildman–Crippen LogP) is 4.43. The van der Waals surface area contributed by atoms with Crippen molar-refractivity contribution in [3.63, 3.8) is 0 Å². The van der Waals surface area contributed by atoms with E-state index in [2.05, 4.69) is 16.9 Å². The quantitative estimate of drug-likeness (QED) is 0.446. The van der Waals surface area contributed by atoms with Gasteiger partial charge in [0.1, 0.15) is 11.6 Å². The first-order valence-electron chi connectivity index (χ1n) is 12.0. The third kappa shape index (κ3) is 4.38. The molecule has 5 rings (SSSR count). The van der Waals surface area contributed by atoms with Crippen LogP contribution in [-0.4, -0.2) is 56.7 Å². The molecule has 1 aliphatic heterocycles. The molecule has 1 saturated heterocycles. The van der Waals surface area contributed by atoms with E-state index in [0.717, 1.165) is 78.4 Å². The summed E-state index contributed by atoms with van der Waals surface area (Å²) in [5, 5.41) is 5.60. The second kappa shape index (κ2) is 9.63. The molecule has 0 aliphatic carbocycles. The number of para-hydroxylation sites is 1. The molecule has 7 heteroatoms. The van der Waals surface area contributed by atoms with Crippen LogP contribution in [0.2, 0.25) is 0 Å². The first-order chi connectivity index (χ1) is 16.6. The lowest BCUT2D eigenvalue weighted by molar-refractivity contribution is 0.0767. The van der Waals surface area contributed by atoms with Gasteiger partial charge in [0, 0.05) is 38.2 Å². The number of amides is 1. The van der Waals surface area contributed by atoms with Crippen molar-refractivity contribution in [3.05, 3.63) is 77.7 Å². The molecule has 0 saturated carbocycles. The molecule has 1 amide bonds. The van der Waals surface area contributed by atoms with E-state index in [1.54, 1.807) is 0 Å². The van der Waals surface area contributed by atoms with Crippen LogP contribution in [0.15, 0.2) is 60.8 Å². The van der Waals surface area contributed by atoms with Gasteiger partial charge in [-0.25, -0.2) is 14.6 Å². The highest BCUT2D eigenvalue weighted by atomic mass is 16.2. The van der Waals surface area contributed by atoms with Crippen LogP contribution in [0, 0.1) is 6.92 Å². The smallest absolute Gasteiger partial charge is 0.253 e. The van der Waals surface area contributed by atoms with Crippen LogP contribution in [0.5, 0.6) is 0 Å². The molecule has 7 nitrogen and oxygen atoms in total. The van der Waals surface area contributed by atoms with Gasteiger partial charge in [-0.15, -0.1) is 0 Å². The van der Waals surface area contributed by atoms with E-state index in [4.69, 9.17) is 9.97 Å². The summed E-state index contributed by atoms with van der Waals surface area (Å²) < 4.78 is 1.89. The molecule has 3 heterocycles. The molecule has 1 aliphatic rings. The second-order valence-electron chi connectivity index (χ2n) is 8.84. The third-order valence-electron chi connectivity index (χ3n) is 6.31. The van der Waals surface area contributed by atoms with Gasteiger partial charge in [0.15, 0.2) is 5.65 Å². The van der Waals surface area contributed by atoms with E-state index in [-0.39, 0.29) is 5.91 Å². The van der Waals surface area contributed by atoms with E-state index in [1.807, 2.05) is 77.3 Å². The Hall–Kier alpha value is -3.74. The fourth-order valence-corrected chi connectivity index (χ4v) is 4.48. The fraction of sp³-hybridized carbons (Fsp3) is 0.333. The highest BCUT2D eigenvalue weighted by Gasteiger charge is 2.24. The zero-order valence-electron chi connectivity index (χ0n) is 19.8. The van der Waals surface area contributed by atoms with Crippen molar-refractivity contribution in [1.82, 2.24) is 24.6 Å². The fourth-order valence-electron chi connectivity index (χ4n) is 4.48. The Bertz CT molecular complexity index is 1280. The lowest BCUT2D eigenvalue weighted by Crippen LogP contribution is -2.35. The molecule has 0 N–H and O–H groups in total. The predicted molar refractivity (Wildman–Crippen MR) is 135 cm³/mol. The summed E-state index contributed by atoms with van der Waals surface area (Å²) in [7, 11) is 0. The summed E-state index contributed by atoms with van der Waals surface area (Å²) in [5.41, 5.74) is 3.72. The molecule has 0 radical (unpaired) electrons. The zero-order chi connectivity index (χ0) is 23.5. The van der Waals surface area contributed by atoms with E-state index >= 15 is 0 Å². The molecule has 0 unspecified atom stereocenters. The van der Waals surface area contributed by atoms with Crippen LogP contribution in [0.25, 0.3) is 16.7 Å². The zero-order valence-corrected chi connectivity index (χ0v) is 19.8. The Morgan fingerprint density at radius 1 is 0.941 bits per heavy atom. The van der Waals surface area contributed by atoms with Crippen molar-refractivity contribution < 1.29 is 4.79 Å². The van der Waals surface area contributed by atoms with Crippen molar-refractivity contribution >= 4 is 22.8 Å². The molecule has 34 heavy (non-hydrogen) atoms. The van der Waals surface area contributed by atoms with Gasteiger partial charge in [-0.2, -0.15) is 5.10 Å². The lowest BCUT2D eigenvalue weighted by atomic mass is 10.1. The maximum atomic E-state index is 13.1. The van der Waals surface area contributed by atoms with Crippen molar-refractivity contribution in [3.8, 4) is 5.69 Å². The second-order valence-corrected chi connectivity index (χ2v) is 8.84. The molecule has 2 aromatic carbocycles. The summed E-state index contributed by atoms with van der Waals surface area (Å²) >= 11 is 0. The number of fused-ring (bicyclic) bond motifs is 1. The largest absolute Gasteiger partial charge is 0.354 e. The number of nitrogens with zero attached hydrogens (tertiary/aromatic N) is 6. The van der Waals surface area contributed by atoms with Crippen molar-refractivity contribution in [2.75, 3.05) is 31.1 Å². The molecular formula is C27H30N6O. The topological polar surface area (TPSA) is 67.2 Å². The van der Waals surface area contributed by atoms with E-state index in [0.29, 0.717) is 6.54 Å². The molecule has 174 valence electrons. The highest BCUT2D eigenvalue weighted by Crippen LogP contribution is 2.27. The maximum absolute atomic E-state index is 13.1. The van der Waals surface area contributed by atoms with Crippen LogP contribution in [0.3, 0.4) is 0 Å². The minimum Gasteiger partial charge on any atom is -0.354 e. The Labute approximate surface area is 200 Å². The normalized spacial score (nSPS) is 14.4. The summed E-state index contributed by atoms with van der Waals surface area (Å²) in [5.74, 6) is 1.85. The van der Waals surface area contributed by atoms with Crippen molar-refractivity contribution in [2.24, 2.45) is 0 Å². The van der Waals surface area contributed by atoms with E-state index in [1.165, 1.54) is 0 Å². The van der Waals surface area contributed by atoms with Crippen molar-refractivity contribution in [1.29, 1.82) is 0 Å². The summed E-state index contributed by atoms with van der Waals surface area (Å²) in [6.07, 6.45) is 4.55. The molecule has 4 aromatic rings. The number of anilines is 1. The van der Waals surface area contributed by atoms with Gasteiger partial charge in [0.2, 0.25) is 0 Å². The lowest BCUT2D eigenvalue weighted by Gasteiger charge is -2.24. The number of hydrogen-bond acceptors (Lipinski definition) is 5. The molecule has 0 bridgehead atoms. The summed E-state index contributed by atoms with van der Waals surface area (Å²) in [4.78, 5) is 27.2. The average molecular weight is 455 g/mol. The molecule has 1 fully saturated rings. The first-order valence-corrected chi connectivity index (χ1v) is 12.0. The van der Waals surface area contributed by atoms with Crippen LogP contribution < -0.4 is 4.90 Å². The summed E-state index contributed by atoms with van der Waals surface area (Å²) in [6, 6.07) is 17.9. The number of aromatic nitrogens is 4. The van der Waals surface area contributed by atoms with Gasteiger partial charge in [-0.05, 0) is 44.0 Å². The van der Waals surface area contributed by atoms with Gasteiger partial charge < -0.3 is 9.80 Å². The van der Waals surface area contributed by atoms with Crippen molar-refractivity contribution in [2.45, 2.75) is 33.1 Å². The molecular weight excluding hydrogens is 424 g/mol. The van der Waals surface area contributed by atoms with Crippen LogP contribution in [-0.2, 0) is 6.42 Å². The number of benzene rings is 2. The Balaban J connectivity index is 1.45. The monoisotopic (exact) mass is 454 g/mol. The van der Waals surface area contributed by atoms with Gasteiger partial charge in [-0.3, -0.25) is 4.79 Å². The highest BCUT2D eigenvalue weighted by molar-refractivity contribution is 5.94. The van der Waals surface area contributed by atoms with Crippen LogP contribution in [0.4, 0.5) is 5.82 Å². The number of carbonyl (C=O) groups excluding carboxylic acids is 1. The molecule has 0 atom stereocenters. The minimum atomic E-state index is 0.0956. The number of aryl methyl sites for hydroxylation is 2. The van der Waals surface area contributed by atoms with Crippen LogP contribution in [0.1, 0.15) is 41.5 Å². The van der Waals surface area contributed by atoms with E-state index < -0.39 is 0 Å². The maximum Gasteiger partial charge on any atom is 0.253 e. The van der Waals surface area contributed by atoms with Gasteiger partial charge in [0.05, 0.1) is 17.3 Å². The minimum absolute atomic E-state index is 0.0956. The summed E-state index contributed by atoms with van der Waals surface area (Å²) in [6.45, 7) is 7.14. The Morgan fingerprint density at radius 2 is 1.74 bits per heavy atom. The Morgan fingerprint density at radius 3 is 2.50 bits per heavy atom. The van der Waals surface area contributed by atoms with Gasteiger partial charge in [0.25, 0.3) is 5.91 Å². The first kappa shape index (κ1) is 22.1.